The Morgan fingerprint density at radius 3 is 2.72 bits per heavy atom. The van der Waals surface area contributed by atoms with Crippen molar-refractivity contribution < 1.29 is 4.74 Å². The van der Waals surface area contributed by atoms with Crippen molar-refractivity contribution in [3.05, 3.63) is 75.6 Å². The van der Waals surface area contributed by atoms with Crippen LogP contribution < -0.4 is 15.4 Å². The standard InChI is InChI=1S/C25H24N4OS2/c1-30-20-4-2-3-18(11-20)21-13-32-24(27-21)29-15-25(29,12-16-5-9-19(26)10-6-16)22-14-31-23(28-22)17-7-8-17/h2-6,9-11,13-14,17H,7-8,12,15,26H2,1H3. The summed E-state index contributed by atoms with van der Waals surface area (Å²) in [5.74, 6) is 1.52. The van der Waals surface area contributed by atoms with E-state index in [-0.39, 0.29) is 5.54 Å². The Balaban J connectivity index is 1.32. The molecule has 0 spiro atoms. The van der Waals surface area contributed by atoms with E-state index in [1.807, 2.05) is 41.7 Å². The first-order valence-electron chi connectivity index (χ1n) is 10.8. The topological polar surface area (TPSA) is 64.0 Å². The van der Waals surface area contributed by atoms with Gasteiger partial charge in [-0.1, -0.05) is 24.3 Å². The smallest absolute Gasteiger partial charge is 0.186 e. The second-order valence-corrected chi connectivity index (χ2v) is 10.4. The molecule has 1 unspecified atom stereocenters. The minimum absolute atomic E-state index is 0.136. The van der Waals surface area contributed by atoms with Gasteiger partial charge in [-0.3, -0.25) is 0 Å². The fourth-order valence-corrected chi connectivity index (χ4v) is 6.24. The number of ether oxygens (including phenoxy) is 1. The van der Waals surface area contributed by atoms with Crippen molar-refractivity contribution in [2.45, 2.75) is 30.7 Å². The van der Waals surface area contributed by atoms with Crippen LogP contribution in [0.5, 0.6) is 5.75 Å². The first kappa shape index (κ1) is 19.8. The van der Waals surface area contributed by atoms with Crippen LogP contribution in [0.2, 0.25) is 0 Å². The van der Waals surface area contributed by atoms with E-state index in [1.54, 1.807) is 18.4 Å². The van der Waals surface area contributed by atoms with Crippen LogP contribution in [0, 0.1) is 0 Å². The van der Waals surface area contributed by atoms with Crippen LogP contribution in [0.3, 0.4) is 0 Å². The molecule has 3 heterocycles. The number of hydrogen-bond acceptors (Lipinski definition) is 7. The molecule has 2 aromatic carbocycles. The second-order valence-electron chi connectivity index (χ2n) is 8.63. The maximum Gasteiger partial charge on any atom is 0.186 e. The van der Waals surface area contributed by atoms with Gasteiger partial charge in [0.15, 0.2) is 5.13 Å². The number of nitrogens with two attached hydrogens (primary N) is 1. The zero-order chi connectivity index (χ0) is 21.7. The van der Waals surface area contributed by atoms with Crippen molar-refractivity contribution in [3.63, 3.8) is 0 Å². The van der Waals surface area contributed by atoms with Gasteiger partial charge < -0.3 is 15.4 Å². The van der Waals surface area contributed by atoms with Gasteiger partial charge in [-0.15, -0.1) is 22.7 Å². The third kappa shape index (κ3) is 3.55. The van der Waals surface area contributed by atoms with Crippen molar-refractivity contribution in [1.29, 1.82) is 0 Å². The van der Waals surface area contributed by atoms with Gasteiger partial charge >= 0.3 is 0 Å². The number of anilines is 2. The Labute approximate surface area is 195 Å². The van der Waals surface area contributed by atoms with Crippen LogP contribution in [0.25, 0.3) is 11.3 Å². The van der Waals surface area contributed by atoms with E-state index < -0.39 is 0 Å². The van der Waals surface area contributed by atoms with E-state index in [0.717, 1.165) is 40.8 Å². The molecule has 1 aliphatic heterocycles. The van der Waals surface area contributed by atoms with Gasteiger partial charge in [-0.25, -0.2) is 9.97 Å². The fraction of sp³-hybridized carbons (Fsp3) is 0.280. The summed E-state index contributed by atoms with van der Waals surface area (Å²) in [5, 5.41) is 6.73. The summed E-state index contributed by atoms with van der Waals surface area (Å²) in [6.45, 7) is 0.927. The lowest BCUT2D eigenvalue weighted by atomic mass is 9.96. The zero-order valence-electron chi connectivity index (χ0n) is 17.8. The van der Waals surface area contributed by atoms with Crippen molar-refractivity contribution in [3.8, 4) is 17.0 Å². The minimum Gasteiger partial charge on any atom is -0.497 e. The molecule has 2 aliphatic rings. The maximum absolute atomic E-state index is 5.92. The Kier molecular flexibility index (Phi) is 4.69. The van der Waals surface area contributed by atoms with Gasteiger partial charge in [0, 0.05) is 34.3 Å². The second kappa shape index (κ2) is 7.60. The zero-order valence-corrected chi connectivity index (χ0v) is 19.5. The molecule has 2 aromatic heterocycles. The number of aromatic nitrogens is 2. The highest BCUT2D eigenvalue weighted by molar-refractivity contribution is 7.14. The summed E-state index contributed by atoms with van der Waals surface area (Å²) in [4.78, 5) is 12.5. The molecule has 1 saturated heterocycles. The third-order valence-corrected chi connectivity index (χ3v) is 8.19. The molecular weight excluding hydrogens is 436 g/mol. The van der Waals surface area contributed by atoms with Gasteiger partial charge in [0.1, 0.15) is 11.3 Å². The van der Waals surface area contributed by atoms with Crippen molar-refractivity contribution in [1.82, 2.24) is 9.97 Å². The van der Waals surface area contributed by atoms with Crippen LogP contribution in [0.1, 0.15) is 35.0 Å². The molecule has 162 valence electrons. The van der Waals surface area contributed by atoms with E-state index in [4.69, 9.17) is 20.4 Å². The van der Waals surface area contributed by atoms with Gasteiger partial charge in [0.05, 0.1) is 30.1 Å². The van der Waals surface area contributed by atoms with Crippen molar-refractivity contribution in [2.75, 3.05) is 24.3 Å². The lowest BCUT2D eigenvalue weighted by molar-refractivity contribution is 0.415. The first-order valence-corrected chi connectivity index (χ1v) is 12.6. The number of rotatable bonds is 7. The van der Waals surface area contributed by atoms with Gasteiger partial charge in [0.2, 0.25) is 0 Å². The van der Waals surface area contributed by atoms with Crippen molar-refractivity contribution in [2.24, 2.45) is 0 Å². The van der Waals surface area contributed by atoms with E-state index in [0.29, 0.717) is 5.92 Å². The van der Waals surface area contributed by atoms with Crippen molar-refractivity contribution >= 4 is 33.5 Å². The molecule has 32 heavy (non-hydrogen) atoms. The lowest BCUT2D eigenvalue weighted by Gasteiger charge is -2.16. The van der Waals surface area contributed by atoms with Crippen LogP contribution >= 0.6 is 22.7 Å². The SMILES string of the molecule is COc1cccc(-c2csc(N3CC3(Cc3ccc(N)cc3)c3csc(C4CC4)n3)n2)c1. The molecule has 2 N–H and O–H groups in total. The monoisotopic (exact) mass is 460 g/mol. The van der Waals surface area contributed by atoms with E-state index >= 15 is 0 Å². The average Bonchev–Trinajstić information content (AvgIpc) is 3.68. The van der Waals surface area contributed by atoms with Gasteiger partial charge in [0.25, 0.3) is 0 Å². The number of nitrogens with zero attached hydrogens (tertiary/aromatic N) is 3. The molecule has 0 bridgehead atoms. The number of thiazole rings is 2. The quantitative estimate of drug-likeness (QED) is 0.283. The number of methoxy groups -OCH3 is 1. The Hall–Kier alpha value is -2.90. The van der Waals surface area contributed by atoms with Gasteiger partial charge in [-0.05, 0) is 42.7 Å². The van der Waals surface area contributed by atoms with E-state index in [9.17, 15) is 0 Å². The van der Waals surface area contributed by atoms with Crippen LogP contribution in [-0.2, 0) is 12.0 Å². The molecule has 4 aromatic rings. The van der Waals surface area contributed by atoms with E-state index in [2.05, 4.69) is 33.9 Å². The highest BCUT2D eigenvalue weighted by Crippen LogP contribution is 2.51. The summed E-state index contributed by atoms with van der Waals surface area (Å²) < 4.78 is 5.38. The molecule has 1 atom stereocenters. The predicted octanol–water partition coefficient (Wildman–Crippen LogP) is 5.69. The molecule has 2 fully saturated rings. The minimum atomic E-state index is -0.136. The Morgan fingerprint density at radius 1 is 1.09 bits per heavy atom. The summed E-state index contributed by atoms with van der Waals surface area (Å²) >= 11 is 3.51. The third-order valence-electron chi connectivity index (χ3n) is 6.32. The summed E-state index contributed by atoms with van der Waals surface area (Å²) in [6.07, 6.45) is 3.45. The summed E-state index contributed by atoms with van der Waals surface area (Å²) in [7, 11) is 1.69. The molecule has 0 radical (unpaired) electrons. The van der Waals surface area contributed by atoms with Crippen LogP contribution in [0.4, 0.5) is 10.8 Å². The fourth-order valence-electron chi connectivity index (χ4n) is 4.23. The summed E-state index contributed by atoms with van der Waals surface area (Å²) in [6, 6.07) is 16.3. The molecular formula is C25H24N4OS2. The van der Waals surface area contributed by atoms with E-state index in [1.165, 1.54) is 29.1 Å². The normalized spacial score (nSPS) is 19.8. The lowest BCUT2D eigenvalue weighted by Crippen LogP contribution is -2.20. The molecule has 7 heteroatoms. The highest BCUT2D eigenvalue weighted by Gasteiger charge is 2.56. The highest BCUT2D eigenvalue weighted by atomic mass is 32.1. The maximum atomic E-state index is 5.92. The first-order chi connectivity index (χ1) is 15.6. The number of hydrogen-bond donors (Lipinski definition) is 1. The van der Waals surface area contributed by atoms with Crippen LogP contribution in [-0.4, -0.2) is 23.6 Å². The Morgan fingerprint density at radius 2 is 1.94 bits per heavy atom. The van der Waals surface area contributed by atoms with Crippen LogP contribution in [0.15, 0.2) is 59.3 Å². The van der Waals surface area contributed by atoms with Gasteiger partial charge in [-0.2, -0.15) is 0 Å². The summed E-state index contributed by atoms with van der Waals surface area (Å²) in [5.41, 5.74) is 11.1. The predicted molar refractivity (Wildman–Crippen MR) is 132 cm³/mol. The Bertz CT molecular complexity index is 1260. The molecule has 1 saturated carbocycles. The average molecular weight is 461 g/mol. The molecule has 5 nitrogen and oxygen atoms in total. The number of benzene rings is 2. The molecule has 0 amide bonds. The molecule has 6 rings (SSSR count). The number of nitrogen functional groups attached to an aromatic ring is 1. The molecule has 1 aliphatic carbocycles. The largest absolute Gasteiger partial charge is 0.497 e.